The van der Waals surface area contributed by atoms with Gasteiger partial charge in [0.2, 0.25) is 0 Å². The minimum atomic E-state index is -0.265. The Morgan fingerprint density at radius 1 is 1.28 bits per heavy atom. The number of methoxy groups -OCH3 is 1. The molecular formula is C25H24FN3O3. The van der Waals surface area contributed by atoms with Crippen LogP contribution in [0.4, 0.5) is 4.39 Å². The van der Waals surface area contributed by atoms with Crippen molar-refractivity contribution in [1.29, 1.82) is 0 Å². The summed E-state index contributed by atoms with van der Waals surface area (Å²) in [5.74, 6) is 1.79. The molecule has 0 bridgehead atoms. The molecule has 1 fully saturated rings. The molecule has 1 atom stereocenters. The molecule has 2 aromatic carbocycles. The molecule has 7 heteroatoms. The van der Waals surface area contributed by atoms with Crippen molar-refractivity contribution in [3.05, 3.63) is 83.5 Å². The molecule has 3 heterocycles. The molecular weight excluding hydrogens is 409 g/mol. The number of oxazole rings is 1. The molecule has 32 heavy (non-hydrogen) atoms. The van der Waals surface area contributed by atoms with Gasteiger partial charge in [0.1, 0.15) is 23.0 Å². The molecule has 1 amide bonds. The van der Waals surface area contributed by atoms with Crippen molar-refractivity contribution in [3.8, 4) is 5.75 Å². The quantitative estimate of drug-likeness (QED) is 0.485. The van der Waals surface area contributed by atoms with E-state index in [1.54, 1.807) is 19.4 Å². The fraction of sp³-hybridized carbons (Fsp3) is 0.280. The number of likely N-dealkylation sites (tertiary alicyclic amines) is 1. The molecule has 0 spiro atoms. The zero-order valence-electron chi connectivity index (χ0n) is 17.8. The van der Waals surface area contributed by atoms with Crippen molar-refractivity contribution < 1.29 is 18.3 Å². The van der Waals surface area contributed by atoms with Crippen molar-refractivity contribution in [2.45, 2.75) is 25.2 Å². The van der Waals surface area contributed by atoms with Crippen LogP contribution in [-0.4, -0.2) is 41.0 Å². The zero-order valence-corrected chi connectivity index (χ0v) is 17.8. The number of hydrogen-bond donors (Lipinski definition) is 1. The monoisotopic (exact) mass is 433 g/mol. The number of aromatic amines is 1. The molecule has 2 aromatic heterocycles. The van der Waals surface area contributed by atoms with E-state index in [4.69, 9.17) is 9.15 Å². The Morgan fingerprint density at radius 3 is 3.00 bits per heavy atom. The molecule has 1 aliphatic rings. The Kier molecular flexibility index (Phi) is 5.39. The number of carbonyl (C=O) groups is 1. The molecule has 1 aliphatic heterocycles. The maximum Gasteiger partial charge on any atom is 0.270 e. The first-order chi connectivity index (χ1) is 15.6. The smallest absolute Gasteiger partial charge is 0.270 e. The van der Waals surface area contributed by atoms with Gasteiger partial charge in [-0.3, -0.25) is 4.79 Å². The summed E-state index contributed by atoms with van der Waals surface area (Å²) in [7, 11) is 1.62. The highest BCUT2D eigenvalue weighted by atomic mass is 19.1. The largest absolute Gasteiger partial charge is 0.496 e. The maximum absolute atomic E-state index is 13.4. The van der Waals surface area contributed by atoms with Crippen LogP contribution >= 0.6 is 0 Å². The minimum Gasteiger partial charge on any atom is -0.496 e. The molecule has 164 valence electrons. The summed E-state index contributed by atoms with van der Waals surface area (Å²) in [6.45, 7) is 1.24. The fourth-order valence-corrected chi connectivity index (χ4v) is 4.40. The first-order valence-corrected chi connectivity index (χ1v) is 10.7. The highest BCUT2D eigenvalue weighted by Gasteiger charge is 2.29. The van der Waals surface area contributed by atoms with E-state index < -0.39 is 0 Å². The van der Waals surface area contributed by atoms with E-state index in [-0.39, 0.29) is 17.6 Å². The van der Waals surface area contributed by atoms with E-state index >= 15 is 0 Å². The molecule has 1 saturated heterocycles. The summed E-state index contributed by atoms with van der Waals surface area (Å²) in [6.07, 6.45) is 3.97. The number of rotatable bonds is 5. The lowest BCUT2D eigenvalue weighted by Crippen LogP contribution is -2.39. The van der Waals surface area contributed by atoms with Gasteiger partial charge < -0.3 is 19.0 Å². The minimum absolute atomic E-state index is 0.0351. The predicted molar refractivity (Wildman–Crippen MR) is 118 cm³/mol. The van der Waals surface area contributed by atoms with Crippen molar-refractivity contribution in [2.24, 2.45) is 0 Å². The Bertz CT molecular complexity index is 1260. The van der Waals surface area contributed by atoms with Gasteiger partial charge in [-0.15, -0.1) is 0 Å². The molecule has 0 aliphatic carbocycles. The van der Waals surface area contributed by atoms with E-state index in [0.717, 1.165) is 35.1 Å². The average Bonchev–Trinajstić information content (AvgIpc) is 3.46. The highest BCUT2D eigenvalue weighted by Crippen LogP contribution is 2.30. The van der Waals surface area contributed by atoms with Crippen molar-refractivity contribution in [2.75, 3.05) is 20.2 Å². The standard InChI is InChI=1S/C25H24FN3O3/c1-31-23-9-3-8-21-20(23)13-22(28-21)25(30)29-10-4-6-17(15-29)24-27-14-19(32-24)12-16-5-2-7-18(26)11-16/h2-3,5,7-9,11,13-14,17,28H,4,6,10,12,15H2,1H3. The Morgan fingerprint density at radius 2 is 2.16 bits per heavy atom. The maximum atomic E-state index is 13.4. The van der Waals surface area contributed by atoms with Gasteiger partial charge in [-0.05, 0) is 48.7 Å². The number of ether oxygens (including phenoxy) is 1. The first kappa shape index (κ1) is 20.3. The third kappa shape index (κ3) is 3.98. The lowest BCUT2D eigenvalue weighted by atomic mass is 9.97. The summed E-state index contributed by atoms with van der Waals surface area (Å²) in [5, 5.41) is 0.890. The van der Waals surface area contributed by atoms with E-state index in [9.17, 15) is 9.18 Å². The Labute approximate surface area is 185 Å². The molecule has 0 saturated carbocycles. The lowest BCUT2D eigenvalue weighted by Gasteiger charge is -2.31. The molecule has 0 radical (unpaired) electrons. The van der Waals surface area contributed by atoms with E-state index in [0.29, 0.717) is 36.9 Å². The van der Waals surface area contributed by atoms with Crippen molar-refractivity contribution in [3.63, 3.8) is 0 Å². The normalized spacial score (nSPS) is 16.4. The van der Waals surface area contributed by atoms with E-state index in [2.05, 4.69) is 9.97 Å². The number of aromatic nitrogens is 2. The number of piperidine rings is 1. The number of benzene rings is 2. The van der Waals surface area contributed by atoms with Crippen LogP contribution in [0.5, 0.6) is 5.75 Å². The van der Waals surface area contributed by atoms with Gasteiger partial charge in [0.15, 0.2) is 5.89 Å². The zero-order chi connectivity index (χ0) is 22.1. The number of fused-ring (bicyclic) bond motifs is 1. The van der Waals surface area contributed by atoms with Crippen molar-refractivity contribution >= 4 is 16.8 Å². The highest BCUT2D eigenvalue weighted by molar-refractivity contribution is 5.99. The van der Waals surface area contributed by atoms with Crippen molar-refractivity contribution in [1.82, 2.24) is 14.9 Å². The fourth-order valence-electron chi connectivity index (χ4n) is 4.40. The van der Waals surface area contributed by atoms with Crippen LogP contribution in [0.2, 0.25) is 0 Å². The predicted octanol–water partition coefficient (Wildman–Crippen LogP) is 4.91. The molecule has 5 rings (SSSR count). The molecule has 6 nitrogen and oxygen atoms in total. The van der Waals surface area contributed by atoms with Crippen LogP contribution in [-0.2, 0) is 6.42 Å². The van der Waals surface area contributed by atoms with Crippen LogP contribution in [0.15, 0.2) is 59.1 Å². The SMILES string of the molecule is COc1cccc2[nH]c(C(=O)N3CCCC(c4ncc(Cc5cccc(F)c5)o4)C3)cc12. The lowest BCUT2D eigenvalue weighted by molar-refractivity contribution is 0.0693. The number of halogens is 1. The number of hydrogen-bond acceptors (Lipinski definition) is 4. The number of nitrogens with one attached hydrogen (secondary N) is 1. The van der Waals surface area contributed by atoms with Gasteiger partial charge in [-0.2, -0.15) is 0 Å². The van der Waals surface area contributed by atoms with Crippen LogP contribution < -0.4 is 4.74 Å². The van der Waals surface area contributed by atoms with Crippen LogP contribution in [0.1, 0.15) is 46.5 Å². The Hall–Kier alpha value is -3.61. The first-order valence-electron chi connectivity index (χ1n) is 10.7. The van der Waals surface area contributed by atoms with Gasteiger partial charge in [0.25, 0.3) is 5.91 Å². The topological polar surface area (TPSA) is 71.4 Å². The number of nitrogens with zero attached hydrogens (tertiary/aromatic N) is 2. The van der Waals surface area contributed by atoms with Gasteiger partial charge in [0.05, 0.1) is 19.2 Å². The average molecular weight is 433 g/mol. The van der Waals surface area contributed by atoms with Crippen LogP contribution in [0, 0.1) is 5.82 Å². The van der Waals surface area contributed by atoms with Gasteiger partial charge in [0, 0.05) is 30.4 Å². The van der Waals surface area contributed by atoms with Gasteiger partial charge >= 0.3 is 0 Å². The summed E-state index contributed by atoms with van der Waals surface area (Å²) < 4.78 is 24.8. The number of carbonyl (C=O) groups excluding carboxylic acids is 1. The summed E-state index contributed by atoms with van der Waals surface area (Å²) in [5.41, 5.74) is 2.25. The second kappa shape index (κ2) is 8.49. The summed E-state index contributed by atoms with van der Waals surface area (Å²) >= 11 is 0. The molecule has 4 aromatic rings. The van der Waals surface area contributed by atoms with Gasteiger partial charge in [-0.1, -0.05) is 18.2 Å². The van der Waals surface area contributed by atoms with E-state index in [1.807, 2.05) is 35.2 Å². The number of amides is 1. The second-order valence-corrected chi connectivity index (χ2v) is 8.17. The number of H-pyrrole nitrogens is 1. The molecule has 1 N–H and O–H groups in total. The van der Waals surface area contributed by atoms with Gasteiger partial charge in [-0.25, -0.2) is 9.37 Å². The molecule has 1 unspecified atom stereocenters. The van der Waals surface area contributed by atoms with Crippen LogP contribution in [0.3, 0.4) is 0 Å². The summed E-state index contributed by atoms with van der Waals surface area (Å²) in [4.78, 5) is 22.7. The van der Waals surface area contributed by atoms with Crippen LogP contribution in [0.25, 0.3) is 10.9 Å². The Balaban J connectivity index is 1.30. The third-order valence-corrected chi connectivity index (χ3v) is 5.97. The third-order valence-electron chi connectivity index (χ3n) is 5.97. The van der Waals surface area contributed by atoms with E-state index in [1.165, 1.54) is 12.1 Å². The second-order valence-electron chi connectivity index (χ2n) is 8.17. The summed E-state index contributed by atoms with van der Waals surface area (Å²) in [6, 6.07) is 14.0.